The van der Waals surface area contributed by atoms with Crippen molar-refractivity contribution in [3.05, 3.63) is 35.4 Å². The van der Waals surface area contributed by atoms with Crippen LogP contribution in [-0.2, 0) is 16.3 Å². The summed E-state index contributed by atoms with van der Waals surface area (Å²) in [6.45, 7) is 2.42. The monoisotopic (exact) mass is 557 g/mol. The van der Waals surface area contributed by atoms with Gasteiger partial charge in [-0.3, -0.25) is 4.98 Å². The molecule has 1 aliphatic rings. The summed E-state index contributed by atoms with van der Waals surface area (Å²) in [6.07, 6.45) is 0.634. The number of rotatable bonds is 7. The molecule has 0 radical (unpaired) electrons. The van der Waals surface area contributed by atoms with Gasteiger partial charge in [-0.25, -0.2) is 28.4 Å². The van der Waals surface area contributed by atoms with Gasteiger partial charge in [-0.2, -0.15) is 13.2 Å². The molecule has 0 atom stereocenters. The van der Waals surface area contributed by atoms with E-state index in [-0.39, 0.29) is 13.1 Å². The van der Waals surface area contributed by atoms with Crippen molar-refractivity contribution in [2.45, 2.75) is 29.6 Å². The van der Waals surface area contributed by atoms with Crippen molar-refractivity contribution in [2.75, 3.05) is 29.5 Å². The van der Waals surface area contributed by atoms with E-state index in [0.29, 0.717) is 44.6 Å². The zero-order valence-electron chi connectivity index (χ0n) is 18.8. The van der Waals surface area contributed by atoms with Crippen LogP contribution in [0.3, 0.4) is 0 Å². The highest BCUT2D eigenvalue weighted by Crippen LogP contribution is 2.39. The van der Waals surface area contributed by atoms with Crippen molar-refractivity contribution in [1.29, 1.82) is 0 Å². The van der Waals surface area contributed by atoms with E-state index in [4.69, 9.17) is 11.6 Å². The lowest BCUT2D eigenvalue weighted by molar-refractivity contribution is -0.106. The number of halogens is 4. The third-order valence-corrected chi connectivity index (χ3v) is 8.60. The van der Waals surface area contributed by atoms with Crippen molar-refractivity contribution >= 4 is 61.2 Å². The van der Waals surface area contributed by atoms with Gasteiger partial charge in [0.1, 0.15) is 22.7 Å². The number of aromatic amines is 1. The Morgan fingerprint density at radius 3 is 2.67 bits per heavy atom. The van der Waals surface area contributed by atoms with Crippen LogP contribution in [0.15, 0.2) is 34.7 Å². The molecule has 0 aromatic carbocycles. The summed E-state index contributed by atoms with van der Waals surface area (Å²) < 4.78 is 61.7. The standard InChI is InChI=1S/C21H19ClF3N7O2S2/c1-2-13-16(22)15-18(29-13)30-20(35-12-5-14-17(28-6-12)27-4-3-26-14)31-19(15)32-7-11(8-32)9-36(33,34)10-21(23,24)25/h3-6,11H,2,7-10H2,1H3,(H,29,30,31). The molecule has 4 aromatic heterocycles. The van der Waals surface area contributed by atoms with E-state index in [0.717, 1.165) is 10.6 Å². The predicted octanol–water partition coefficient (Wildman–Crippen LogP) is 4.08. The minimum absolute atomic E-state index is 0.239. The Kier molecular flexibility index (Phi) is 6.45. The molecule has 9 nitrogen and oxygen atoms in total. The highest BCUT2D eigenvalue weighted by molar-refractivity contribution is 7.99. The molecule has 1 saturated heterocycles. The van der Waals surface area contributed by atoms with E-state index in [1.165, 1.54) is 11.8 Å². The summed E-state index contributed by atoms with van der Waals surface area (Å²) in [6, 6.07) is 1.82. The number of hydrogen-bond acceptors (Lipinski definition) is 9. The highest BCUT2D eigenvalue weighted by atomic mass is 35.5. The summed E-state index contributed by atoms with van der Waals surface area (Å²) in [4.78, 5) is 27.7. The van der Waals surface area contributed by atoms with Gasteiger partial charge in [0.15, 0.2) is 20.6 Å². The second-order valence-corrected chi connectivity index (χ2v) is 12.0. The van der Waals surface area contributed by atoms with Gasteiger partial charge in [0, 0.05) is 48.2 Å². The molecule has 0 saturated carbocycles. The van der Waals surface area contributed by atoms with E-state index in [1.807, 2.05) is 17.9 Å². The fourth-order valence-corrected chi connectivity index (χ4v) is 6.76. The largest absolute Gasteiger partial charge is 0.402 e. The van der Waals surface area contributed by atoms with Crippen LogP contribution in [0.1, 0.15) is 12.6 Å². The van der Waals surface area contributed by atoms with Crippen LogP contribution in [0, 0.1) is 5.92 Å². The molecule has 190 valence electrons. The summed E-state index contributed by atoms with van der Waals surface area (Å²) in [5, 5.41) is 1.46. The number of pyridine rings is 1. The van der Waals surface area contributed by atoms with Crippen molar-refractivity contribution in [1.82, 2.24) is 29.9 Å². The van der Waals surface area contributed by atoms with Crippen LogP contribution in [-0.4, -0.2) is 69.1 Å². The first-order valence-electron chi connectivity index (χ1n) is 10.9. The SMILES string of the molecule is CCc1[nH]c2nc(Sc3cnc4nccnc4c3)nc(N3CC(CS(=O)(=O)CC(F)(F)F)C3)c2c1Cl. The molecule has 5 heterocycles. The fourth-order valence-electron chi connectivity index (χ4n) is 4.10. The predicted molar refractivity (Wildman–Crippen MR) is 130 cm³/mol. The third kappa shape index (κ3) is 5.20. The van der Waals surface area contributed by atoms with Crippen LogP contribution in [0.25, 0.3) is 22.2 Å². The van der Waals surface area contributed by atoms with E-state index in [1.54, 1.807) is 18.6 Å². The van der Waals surface area contributed by atoms with Gasteiger partial charge in [0.05, 0.1) is 16.2 Å². The molecule has 0 amide bonds. The molecule has 1 N–H and O–H groups in total. The molecule has 36 heavy (non-hydrogen) atoms. The molecular formula is C21H19ClF3N7O2S2. The van der Waals surface area contributed by atoms with Gasteiger partial charge >= 0.3 is 6.18 Å². The van der Waals surface area contributed by atoms with E-state index in [2.05, 4.69) is 29.9 Å². The number of hydrogen-bond donors (Lipinski definition) is 1. The molecule has 0 aliphatic carbocycles. The van der Waals surface area contributed by atoms with Gasteiger partial charge in [-0.15, -0.1) is 0 Å². The number of sulfone groups is 1. The maximum Gasteiger partial charge on any atom is 0.402 e. The number of H-pyrrole nitrogens is 1. The Balaban J connectivity index is 1.43. The van der Waals surface area contributed by atoms with Gasteiger partial charge < -0.3 is 9.88 Å². The number of fused-ring (bicyclic) bond motifs is 2. The molecule has 4 aromatic rings. The lowest BCUT2D eigenvalue weighted by atomic mass is 10.0. The van der Waals surface area contributed by atoms with Crippen LogP contribution < -0.4 is 4.90 Å². The normalized spacial score (nSPS) is 15.1. The van der Waals surface area contributed by atoms with Gasteiger partial charge in [0.25, 0.3) is 0 Å². The molecular weight excluding hydrogens is 539 g/mol. The maximum absolute atomic E-state index is 12.6. The Morgan fingerprint density at radius 1 is 1.19 bits per heavy atom. The fraction of sp³-hybridized carbons (Fsp3) is 0.381. The van der Waals surface area contributed by atoms with Gasteiger partial charge in [0.2, 0.25) is 0 Å². The number of aromatic nitrogens is 6. The zero-order chi connectivity index (χ0) is 25.7. The highest BCUT2D eigenvalue weighted by Gasteiger charge is 2.39. The second kappa shape index (κ2) is 9.30. The molecule has 1 fully saturated rings. The first-order chi connectivity index (χ1) is 17.0. The van der Waals surface area contributed by atoms with Crippen molar-refractivity contribution in [2.24, 2.45) is 5.92 Å². The molecule has 0 unspecified atom stereocenters. The van der Waals surface area contributed by atoms with Crippen LogP contribution >= 0.6 is 23.4 Å². The lowest BCUT2D eigenvalue weighted by Gasteiger charge is -2.40. The third-order valence-electron chi connectivity index (χ3n) is 5.62. The van der Waals surface area contributed by atoms with Gasteiger partial charge in [-0.1, -0.05) is 18.5 Å². The summed E-state index contributed by atoms with van der Waals surface area (Å²) in [5.41, 5.74) is 2.42. The number of alkyl halides is 3. The zero-order valence-corrected chi connectivity index (χ0v) is 21.1. The van der Waals surface area contributed by atoms with Crippen molar-refractivity contribution in [3.8, 4) is 0 Å². The summed E-state index contributed by atoms with van der Waals surface area (Å²) in [7, 11) is -4.26. The summed E-state index contributed by atoms with van der Waals surface area (Å²) in [5.74, 6) is -2.29. The lowest BCUT2D eigenvalue weighted by Crippen LogP contribution is -2.50. The second-order valence-electron chi connectivity index (χ2n) is 8.44. The van der Waals surface area contributed by atoms with E-state index < -0.39 is 33.4 Å². The maximum atomic E-state index is 12.6. The van der Waals surface area contributed by atoms with E-state index >= 15 is 0 Å². The quantitative estimate of drug-likeness (QED) is 0.335. The average Bonchev–Trinajstić information content (AvgIpc) is 3.09. The number of anilines is 1. The molecule has 0 bridgehead atoms. The molecule has 5 rings (SSSR count). The summed E-state index contributed by atoms with van der Waals surface area (Å²) >= 11 is 7.85. The number of nitrogens with one attached hydrogen (secondary N) is 1. The Hall–Kier alpha value is -2.71. The minimum atomic E-state index is -4.76. The molecule has 1 aliphatic heterocycles. The van der Waals surface area contributed by atoms with Crippen molar-refractivity contribution < 1.29 is 21.6 Å². The van der Waals surface area contributed by atoms with Gasteiger partial charge in [-0.05, 0) is 24.2 Å². The van der Waals surface area contributed by atoms with Crippen LogP contribution in [0.5, 0.6) is 0 Å². The Bertz CT molecular complexity index is 1560. The first-order valence-corrected chi connectivity index (χ1v) is 13.9. The number of nitrogens with zero attached hydrogens (tertiary/aromatic N) is 6. The Morgan fingerprint density at radius 2 is 1.94 bits per heavy atom. The topological polar surface area (TPSA) is 118 Å². The average molecular weight is 558 g/mol. The van der Waals surface area contributed by atoms with Crippen molar-refractivity contribution in [3.63, 3.8) is 0 Å². The van der Waals surface area contributed by atoms with Crippen LogP contribution in [0.2, 0.25) is 5.02 Å². The molecule has 15 heteroatoms. The first kappa shape index (κ1) is 25.0. The Labute approximate surface area is 212 Å². The van der Waals surface area contributed by atoms with E-state index in [9.17, 15) is 21.6 Å². The minimum Gasteiger partial charge on any atom is -0.355 e. The molecule has 0 spiro atoms. The van der Waals surface area contributed by atoms with Crippen LogP contribution in [0.4, 0.5) is 19.0 Å². The smallest absolute Gasteiger partial charge is 0.355 e. The number of aryl methyl sites for hydroxylation is 1.